The van der Waals surface area contributed by atoms with Crippen LogP contribution in [0.15, 0.2) is 24.5 Å². The van der Waals surface area contributed by atoms with Crippen LogP contribution in [-0.4, -0.2) is 46.1 Å². The number of hydrogen-bond donors (Lipinski definition) is 1. The maximum atomic E-state index is 11.8. The number of nitrogens with one attached hydrogen (secondary N) is 1. The maximum absolute atomic E-state index is 11.8. The van der Waals surface area contributed by atoms with Crippen LogP contribution in [-0.2, 0) is 20.6 Å². The smallest absolute Gasteiger partial charge is 0.444 e. The molecule has 152 valence electrons. The topological polar surface area (TPSA) is 74.6 Å². The Morgan fingerprint density at radius 1 is 1.21 bits per heavy atom. The van der Waals surface area contributed by atoms with E-state index in [1.165, 1.54) is 0 Å². The highest BCUT2D eigenvalue weighted by molar-refractivity contribution is 6.62. The van der Waals surface area contributed by atoms with Crippen molar-refractivity contribution in [1.29, 1.82) is 0 Å². The van der Waals surface area contributed by atoms with Gasteiger partial charge in [0.25, 0.3) is 0 Å². The minimum atomic E-state index is -0.510. The first kappa shape index (κ1) is 20.7. The molecule has 8 heteroatoms. The van der Waals surface area contributed by atoms with Gasteiger partial charge in [-0.15, -0.1) is 0 Å². The van der Waals surface area contributed by atoms with E-state index in [0.29, 0.717) is 13.1 Å². The Morgan fingerprint density at radius 2 is 1.86 bits per heavy atom. The van der Waals surface area contributed by atoms with Crippen LogP contribution in [0.1, 0.15) is 48.5 Å². The standard InChI is InChI=1S/C20H30BN3O4/c1-18(2,3)26-17(25)22-10-11-24-13-23-15-9-8-14(12-16(15)24)21-27-19(4,5)20(6,7)28-21/h8-9,12-13H,10-11H2,1-7H3,(H,22,25). The van der Waals surface area contributed by atoms with E-state index in [2.05, 4.69) is 10.3 Å². The third-order valence-electron chi connectivity index (χ3n) is 5.19. The van der Waals surface area contributed by atoms with E-state index in [1.807, 2.05) is 71.2 Å². The van der Waals surface area contributed by atoms with E-state index in [-0.39, 0.29) is 11.2 Å². The molecular weight excluding hydrogens is 357 g/mol. The van der Waals surface area contributed by atoms with Crippen LogP contribution in [0.5, 0.6) is 0 Å². The number of carbonyl (C=O) groups is 1. The Bertz CT molecular complexity index is 854. The third kappa shape index (κ3) is 4.33. The van der Waals surface area contributed by atoms with Crippen LogP contribution < -0.4 is 10.8 Å². The fraction of sp³-hybridized carbons (Fsp3) is 0.600. The van der Waals surface area contributed by atoms with Crippen LogP contribution in [0.3, 0.4) is 0 Å². The van der Waals surface area contributed by atoms with Crippen molar-refractivity contribution < 1.29 is 18.8 Å². The number of hydrogen-bond acceptors (Lipinski definition) is 5. The number of rotatable bonds is 4. The lowest BCUT2D eigenvalue weighted by molar-refractivity contribution is 0.00578. The number of benzene rings is 1. The monoisotopic (exact) mass is 387 g/mol. The van der Waals surface area contributed by atoms with Gasteiger partial charge in [0.05, 0.1) is 28.6 Å². The number of fused-ring (bicyclic) bond motifs is 1. The fourth-order valence-corrected chi connectivity index (χ4v) is 2.97. The van der Waals surface area contributed by atoms with Gasteiger partial charge in [-0.25, -0.2) is 9.78 Å². The molecule has 2 aromatic rings. The lowest BCUT2D eigenvalue weighted by Crippen LogP contribution is -2.41. The molecule has 1 fully saturated rings. The second kappa shape index (κ2) is 7.08. The third-order valence-corrected chi connectivity index (χ3v) is 5.19. The van der Waals surface area contributed by atoms with Gasteiger partial charge >= 0.3 is 13.2 Å². The van der Waals surface area contributed by atoms with E-state index >= 15 is 0 Å². The first-order valence-corrected chi connectivity index (χ1v) is 9.65. The zero-order chi connectivity index (χ0) is 20.7. The Kier molecular flexibility index (Phi) is 5.23. The van der Waals surface area contributed by atoms with Crippen molar-refractivity contribution in [1.82, 2.24) is 14.9 Å². The number of carbonyl (C=O) groups excluding carboxylic acids is 1. The molecule has 1 amide bonds. The van der Waals surface area contributed by atoms with Gasteiger partial charge in [-0.2, -0.15) is 0 Å². The number of nitrogens with zero attached hydrogens (tertiary/aromatic N) is 2. The average Bonchev–Trinajstić information content (AvgIpc) is 3.03. The quantitative estimate of drug-likeness (QED) is 0.817. The molecule has 0 unspecified atom stereocenters. The molecule has 0 aliphatic carbocycles. The van der Waals surface area contributed by atoms with Gasteiger partial charge in [0, 0.05) is 13.1 Å². The number of aromatic nitrogens is 2. The van der Waals surface area contributed by atoms with E-state index in [0.717, 1.165) is 16.5 Å². The van der Waals surface area contributed by atoms with Crippen molar-refractivity contribution in [3.63, 3.8) is 0 Å². The molecular formula is C20H30BN3O4. The molecule has 2 heterocycles. The Hall–Kier alpha value is -2.06. The molecule has 28 heavy (non-hydrogen) atoms. The number of imidazole rings is 1. The molecule has 7 nitrogen and oxygen atoms in total. The van der Waals surface area contributed by atoms with Crippen LogP contribution >= 0.6 is 0 Å². The summed E-state index contributed by atoms with van der Waals surface area (Å²) in [6, 6.07) is 5.99. The summed E-state index contributed by atoms with van der Waals surface area (Å²) in [5.41, 5.74) is 1.53. The van der Waals surface area contributed by atoms with Crippen molar-refractivity contribution in [3.8, 4) is 0 Å². The fourth-order valence-electron chi connectivity index (χ4n) is 2.97. The molecule has 1 aromatic heterocycles. The largest absolute Gasteiger partial charge is 0.494 e. The number of amides is 1. The summed E-state index contributed by atoms with van der Waals surface area (Å²) in [7, 11) is -0.419. The molecule has 0 atom stereocenters. The van der Waals surface area contributed by atoms with Crippen molar-refractivity contribution in [3.05, 3.63) is 24.5 Å². The first-order chi connectivity index (χ1) is 12.9. The van der Waals surface area contributed by atoms with Crippen LogP contribution in [0.2, 0.25) is 0 Å². The second-order valence-electron chi connectivity index (χ2n) is 9.20. The molecule has 0 bridgehead atoms. The van der Waals surface area contributed by atoms with Crippen molar-refractivity contribution in [2.75, 3.05) is 6.54 Å². The molecule has 0 saturated carbocycles. The van der Waals surface area contributed by atoms with Crippen LogP contribution in [0, 0.1) is 0 Å². The summed E-state index contributed by atoms with van der Waals surface area (Å²) in [5, 5.41) is 2.77. The SMILES string of the molecule is CC(C)(C)OC(=O)NCCn1cnc2ccc(B3OC(C)(C)C(C)(C)O3)cc21. The van der Waals surface area contributed by atoms with Crippen LogP contribution in [0.25, 0.3) is 11.0 Å². The summed E-state index contributed by atoms with van der Waals surface area (Å²) >= 11 is 0. The normalized spacial score (nSPS) is 18.5. The van der Waals surface area contributed by atoms with E-state index in [9.17, 15) is 4.79 Å². The molecule has 3 rings (SSSR count). The molecule has 0 spiro atoms. The van der Waals surface area contributed by atoms with Gasteiger partial charge in [0.1, 0.15) is 5.60 Å². The van der Waals surface area contributed by atoms with Gasteiger partial charge in [-0.1, -0.05) is 6.07 Å². The maximum Gasteiger partial charge on any atom is 0.494 e. The first-order valence-electron chi connectivity index (χ1n) is 9.65. The highest BCUT2D eigenvalue weighted by atomic mass is 16.7. The van der Waals surface area contributed by atoms with Crippen molar-refractivity contribution in [2.45, 2.75) is 71.8 Å². The Labute approximate surface area is 166 Å². The van der Waals surface area contributed by atoms with Gasteiger partial charge in [-0.3, -0.25) is 0 Å². The summed E-state index contributed by atoms with van der Waals surface area (Å²) in [4.78, 5) is 16.2. The Balaban J connectivity index is 1.70. The van der Waals surface area contributed by atoms with Crippen LogP contribution in [0.4, 0.5) is 4.79 Å². The molecule has 1 saturated heterocycles. The minimum Gasteiger partial charge on any atom is -0.444 e. The highest BCUT2D eigenvalue weighted by Crippen LogP contribution is 2.36. The van der Waals surface area contributed by atoms with Gasteiger partial charge in [0.2, 0.25) is 0 Å². The van der Waals surface area contributed by atoms with Gasteiger partial charge in [0.15, 0.2) is 0 Å². The average molecular weight is 387 g/mol. The molecule has 0 radical (unpaired) electrons. The van der Waals surface area contributed by atoms with E-state index < -0.39 is 18.8 Å². The molecule has 1 aliphatic rings. The van der Waals surface area contributed by atoms with Gasteiger partial charge < -0.3 is 23.9 Å². The van der Waals surface area contributed by atoms with E-state index in [1.54, 1.807) is 6.33 Å². The lowest BCUT2D eigenvalue weighted by atomic mass is 9.79. The lowest BCUT2D eigenvalue weighted by Gasteiger charge is -2.32. The summed E-state index contributed by atoms with van der Waals surface area (Å²) in [6.45, 7) is 14.7. The van der Waals surface area contributed by atoms with Crippen molar-refractivity contribution >= 4 is 29.7 Å². The molecule has 1 aliphatic heterocycles. The molecule has 1 aromatic carbocycles. The number of alkyl carbamates (subject to hydrolysis) is 1. The summed E-state index contributed by atoms with van der Waals surface area (Å²) in [6.07, 6.45) is 1.35. The second-order valence-corrected chi connectivity index (χ2v) is 9.20. The number of ether oxygens (including phenoxy) is 1. The summed E-state index contributed by atoms with van der Waals surface area (Å²) < 4.78 is 19.6. The molecule has 1 N–H and O–H groups in total. The minimum absolute atomic E-state index is 0.385. The predicted octanol–water partition coefficient (Wildman–Crippen LogP) is 2.86. The zero-order valence-corrected chi connectivity index (χ0v) is 17.8. The summed E-state index contributed by atoms with van der Waals surface area (Å²) in [5.74, 6) is 0. The predicted molar refractivity (Wildman–Crippen MR) is 110 cm³/mol. The Morgan fingerprint density at radius 3 is 2.46 bits per heavy atom. The van der Waals surface area contributed by atoms with Crippen molar-refractivity contribution in [2.24, 2.45) is 0 Å². The van der Waals surface area contributed by atoms with Gasteiger partial charge in [-0.05, 0) is 66.1 Å². The highest BCUT2D eigenvalue weighted by Gasteiger charge is 2.51. The zero-order valence-electron chi connectivity index (χ0n) is 17.8. The van der Waals surface area contributed by atoms with E-state index in [4.69, 9.17) is 14.0 Å².